The number of halogens is 1. The summed E-state index contributed by atoms with van der Waals surface area (Å²) in [5.41, 5.74) is 0.717. The zero-order valence-electron chi connectivity index (χ0n) is 13.9. The first kappa shape index (κ1) is 17.4. The molecular formula is C18H16FN3O4. The molecule has 0 atom stereocenters. The number of hydrogen-bond donors (Lipinski definition) is 1. The Kier molecular flexibility index (Phi) is 5.43. The molecule has 0 fully saturated rings. The van der Waals surface area contributed by atoms with E-state index in [0.29, 0.717) is 23.0 Å². The van der Waals surface area contributed by atoms with E-state index >= 15 is 0 Å². The molecule has 0 radical (unpaired) electrons. The van der Waals surface area contributed by atoms with Gasteiger partial charge in [-0.15, -0.1) is 10.2 Å². The molecule has 7 nitrogen and oxygen atoms in total. The molecule has 0 aliphatic carbocycles. The predicted octanol–water partition coefficient (Wildman–Crippen LogP) is 2.58. The van der Waals surface area contributed by atoms with Gasteiger partial charge in [0.05, 0.1) is 13.7 Å². The fraction of sp³-hybridized carbons (Fsp3) is 0.167. The van der Waals surface area contributed by atoms with Gasteiger partial charge < -0.3 is 19.2 Å². The second-order valence-electron chi connectivity index (χ2n) is 5.25. The lowest BCUT2D eigenvalue weighted by molar-refractivity contribution is -0.123. The topological polar surface area (TPSA) is 86.5 Å². The first-order valence-corrected chi connectivity index (χ1v) is 7.76. The van der Waals surface area contributed by atoms with Gasteiger partial charge in [0, 0.05) is 5.56 Å². The van der Waals surface area contributed by atoms with Crippen LogP contribution in [0.25, 0.3) is 11.5 Å². The third kappa shape index (κ3) is 4.56. The Labute approximate surface area is 148 Å². The first-order valence-electron chi connectivity index (χ1n) is 7.76. The number of ether oxygens (including phenoxy) is 2. The van der Waals surface area contributed by atoms with Crippen LogP contribution in [0.15, 0.2) is 52.9 Å². The minimum Gasteiger partial charge on any atom is -0.497 e. The van der Waals surface area contributed by atoms with Gasteiger partial charge in [0.2, 0.25) is 11.8 Å². The average Bonchev–Trinajstić information content (AvgIpc) is 3.15. The lowest BCUT2D eigenvalue weighted by Gasteiger charge is -2.05. The minimum atomic E-state index is -0.370. The molecule has 0 saturated carbocycles. The number of methoxy groups -OCH3 is 1. The maximum absolute atomic E-state index is 12.8. The highest BCUT2D eigenvalue weighted by molar-refractivity contribution is 5.77. The van der Waals surface area contributed by atoms with Gasteiger partial charge in [0.15, 0.2) is 6.61 Å². The van der Waals surface area contributed by atoms with E-state index < -0.39 is 0 Å². The van der Waals surface area contributed by atoms with Crippen molar-refractivity contribution in [1.82, 2.24) is 15.5 Å². The summed E-state index contributed by atoms with van der Waals surface area (Å²) in [6.45, 7) is -0.134. The van der Waals surface area contributed by atoms with E-state index in [-0.39, 0.29) is 30.8 Å². The molecule has 3 rings (SSSR count). The third-order valence-corrected chi connectivity index (χ3v) is 3.40. The van der Waals surface area contributed by atoms with Crippen LogP contribution in [0.1, 0.15) is 5.89 Å². The van der Waals surface area contributed by atoms with Crippen molar-refractivity contribution < 1.29 is 23.1 Å². The number of aromatic nitrogens is 2. The van der Waals surface area contributed by atoms with Crippen molar-refractivity contribution in [2.75, 3.05) is 13.7 Å². The van der Waals surface area contributed by atoms with Crippen LogP contribution >= 0.6 is 0 Å². The van der Waals surface area contributed by atoms with Gasteiger partial charge in [-0.1, -0.05) is 6.07 Å². The maximum Gasteiger partial charge on any atom is 0.258 e. The number of nitrogens with one attached hydrogen (secondary N) is 1. The van der Waals surface area contributed by atoms with Gasteiger partial charge in [-0.25, -0.2) is 4.39 Å². The van der Waals surface area contributed by atoms with E-state index in [0.717, 1.165) is 0 Å². The summed E-state index contributed by atoms with van der Waals surface area (Å²) in [5, 5.41) is 10.5. The van der Waals surface area contributed by atoms with Gasteiger partial charge in [-0.2, -0.15) is 0 Å². The van der Waals surface area contributed by atoms with E-state index in [1.54, 1.807) is 13.2 Å². The second kappa shape index (κ2) is 8.11. The Hall–Kier alpha value is -3.42. The summed E-state index contributed by atoms with van der Waals surface area (Å²) in [4.78, 5) is 11.8. The van der Waals surface area contributed by atoms with Gasteiger partial charge in [0.1, 0.15) is 17.3 Å². The molecular weight excluding hydrogens is 341 g/mol. The number of amides is 1. The highest BCUT2D eigenvalue weighted by Crippen LogP contribution is 2.22. The van der Waals surface area contributed by atoms with Crippen molar-refractivity contribution in [2.24, 2.45) is 0 Å². The van der Waals surface area contributed by atoms with Crippen molar-refractivity contribution in [2.45, 2.75) is 6.54 Å². The first-order chi connectivity index (χ1) is 12.6. The zero-order chi connectivity index (χ0) is 18.4. The number of carbonyl (C=O) groups excluding carboxylic acids is 1. The molecule has 0 unspecified atom stereocenters. The van der Waals surface area contributed by atoms with Crippen LogP contribution in [0.5, 0.6) is 11.5 Å². The van der Waals surface area contributed by atoms with Gasteiger partial charge >= 0.3 is 0 Å². The van der Waals surface area contributed by atoms with Crippen molar-refractivity contribution >= 4 is 5.91 Å². The Morgan fingerprint density at radius 3 is 2.73 bits per heavy atom. The van der Waals surface area contributed by atoms with Crippen molar-refractivity contribution in [1.29, 1.82) is 0 Å². The van der Waals surface area contributed by atoms with Crippen LogP contribution in [0, 0.1) is 5.82 Å². The molecule has 0 aliphatic rings. The van der Waals surface area contributed by atoms with Gasteiger partial charge in [-0.05, 0) is 42.5 Å². The van der Waals surface area contributed by atoms with Gasteiger partial charge in [-0.3, -0.25) is 4.79 Å². The van der Waals surface area contributed by atoms with Crippen LogP contribution in [0.3, 0.4) is 0 Å². The summed E-state index contributed by atoms with van der Waals surface area (Å²) in [6.07, 6.45) is 0. The maximum atomic E-state index is 12.8. The molecule has 0 saturated heterocycles. The summed E-state index contributed by atoms with van der Waals surface area (Å²) in [6, 6.07) is 12.6. The quantitative estimate of drug-likeness (QED) is 0.699. The molecule has 8 heteroatoms. The van der Waals surface area contributed by atoms with E-state index in [9.17, 15) is 9.18 Å². The molecule has 1 amide bonds. The normalized spacial score (nSPS) is 10.4. The minimum absolute atomic E-state index is 0.0720. The number of nitrogens with zero attached hydrogens (tertiary/aromatic N) is 2. The van der Waals surface area contributed by atoms with Gasteiger partial charge in [0.25, 0.3) is 5.91 Å². The van der Waals surface area contributed by atoms with E-state index in [2.05, 4.69) is 15.5 Å². The SMILES string of the molecule is COc1cccc(-c2nnc(CNC(=O)COc3ccc(F)cc3)o2)c1. The molecule has 2 aromatic carbocycles. The number of carbonyl (C=O) groups is 1. The van der Waals surface area contributed by atoms with Crippen molar-refractivity contribution in [3.63, 3.8) is 0 Å². The Morgan fingerprint density at radius 2 is 1.96 bits per heavy atom. The van der Waals surface area contributed by atoms with E-state index in [1.807, 2.05) is 18.2 Å². The molecule has 1 aromatic heterocycles. The second-order valence-corrected chi connectivity index (χ2v) is 5.25. The van der Waals surface area contributed by atoms with Crippen LogP contribution in [0.2, 0.25) is 0 Å². The van der Waals surface area contributed by atoms with Crippen LogP contribution in [-0.2, 0) is 11.3 Å². The molecule has 134 valence electrons. The fourth-order valence-corrected chi connectivity index (χ4v) is 2.10. The van der Waals surface area contributed by atoms with Crippen LogP contribution < -0.4 is 14.8 Å². The monoisotopic (exact) mass is 357 g/mol. The zero-order valence-corrected chi connectivity index (χ0v) is 13.9. The Bertz CT molecular complexity index is 880. The molecule has 3 aromatic rings. The fourth-order valence-electron chi connectivity index (χ4n) is 2.10. The molecule has 0 aliphatic heterocycles. The standard InChI is InChI=1S/C18H16FN3O4/c1-24-15-4-2-3-12(9-15)18-22-21-17(26-18)10-20-16(23)11-25-14-7-5-13(19)6-8-14/h2-9H,10-11H2,1H3,(H,20,23). The smallest absolute Gasteiger partial charge is 0.258 e. The molecule has 26 heavy (non-hydrogen) atoms. The average molecular weight is 357 g/mol. The molecule has 1 N–H and O–H groups in total. The lowest BCUT2D eigenvalue weighted by atomic mass is 10.2. The van der Waals surface area contributed by atoms with Crippen LogP contribution in [-0.4, -0.2) is 29.8 Å². The summed E-state index contributed by atoms with van der Waals surface area (Å²) in [7, 11) is 1.57. The summed E-state index contributed by atoms with van der Waals surface area (Å²) < 4.78 is 28.7. The largest absolute Gasteiger partial charge is 0.497 e. The summed E-state index contributed by atoms with van der Waals surface area (Å²) >= 11 is 0. The predicted molar refractivity (Wildman–Crippen MR) is 90.0 cm³/mol. The highest BCUT2D eigenvalue weighted by atomic mass is 19.1. The number of rotatable bonds is 7. The van der Waals surface area contributed by atoms with Crippen molar-refractivity contribution in [3.05, 3.63) is 60.2 Å². The molecule has 1 heterocycles. The third-order valence-electron chi connectivity index (χ3n) is 3.40. The summed E-state index contributed by atoms with van der Waals surface area (Å²) in [5.74, 6) is 0.933. The number of hydrogen-bond acceptors (Lipinski definition) is 6. The highest BCUT2D eigenvalue weighted by Gasteiger charge is 2.11. The Morgan fingerprint density at radius 1 is 1.15 bits per heavy atom. The number of benzene rings is 2. The Balaban J connectivity index is 1.51. The molecule has 0 bridgehead atoms. The van der Waals surface area contributed by atoms with E-state index in [4.69, 9.17) is 13.9 Å². The van der Waals surface area contributed by atoms with E-state index in [1.165, 1.54) is 24.3 Å². The lowest BCUT2D eigenvalue weighted by Crippen LogP contribution is -2.28. The molecule has 0 spiro atoms. The van der Waals surface area contributed by atoms with Crippen molar-refractivity contribution in [3.8, 4) is 23.0 Å². The van der Waals surface area contributed by atoms with Crippen LogP contribution in [0.4, 0.5) is 4.39 Å².